The minimum absolute atomic E-state index is 0.297. The number of hydrogen-bond acceptors (Lipinski definition) is 4. The predicted octanol–water partition coefficient (Wildman–Crippen LogP) is 4.45. The lowest BCUT2D eigenvalue weighted by atomic mass is 9.97. The average Bonchev–Trinajstić information content (AvgIpc) is 2.86. The highest BCUT2D eigenvalue weighted by molar-refractivity contribution is 7.18. The molecule has 0 N–H and O–H groups in total. The molecule has 3 aromatic rings. The smallest absolute Gasteiger partial charge is 0.348 e. The van der Waals surface area contributed by atoms with Gasteiger partial charge >= 0.3 is 5.63 Å². The summed E-state index contributed by atoms with van der Waals surface area (Å²) in [6.45, 7) is 0. The molecule has 1 aliphatic rings. The van der Waals surface area contributed by atoms with E-state index in [4.69, 9.17) is 16.0 Å². The van der Waals surface area contributed by atoms with E-state index in [1.165, 1.54) is 11.3 Å². The fraction of sp³-hybridized carbons (Fsp3) is 0.250. The van der Waals surface area contributed by atoms with Gasteiger partial charge in [-0.1, -0.05) is 23.7 Å². The normalized spacial score (nSPS) is 14.3. The summed E-state index contributed by atoms with van der Waals surface area (Å²) in [5.41, 5.74) is 1.51. The lowest BCUT2D eigenvalue weighted by Gasteiger charge is -2.09. The molecule has 21 heavy (non-hydrogen) atoms. The second kappa shape index (κ2) is 4.97. The van der Waals surface area contributed by atoms with Crippen molar-refractivity contribution in [2.45, 2.75) is 25.7 Å². The van der Waals surface area contributed by atoms with Gasteiger partial charge in [0.05, 0.1) is 10.6 Å². The van der Waals surface area contributed by atoms with E-state index in [1.807, 2.05) is 18.2 Å². The minimum Gasteiger partial charge on any atom is -0.403 e. The van der Waals surface area contributed by atoms with Gasteiger partial charge in [0.15, 0.2) is 0 Å². The van der Waals surface area contributed by atoms with Gasteiger partial charge in [-0.2, -0.15) is 0 Å². The van der Waals surface area contributed by atoms with Crippen LogP contribution in [0.2, 0.25) is 5.02 Å². The van der Waals surface area contributed by atoms with Gasteiger partial charge in [0.25, 0.3) is 0 Å². The van der Waals surface area contributed by atoms with Crippen LogP contribution in [0.3, 0.4) is 0 Å². The van der Waals surface area contributed by atoms with Gasteiger partial charge in [-0.15, -0.1) is 11.3 Å². The van der Waals surface area contributed by atoms with Crippen LogP contribution >= 0.6 is 22.9 Å². The van der Waals surface area contributed by atoms with Crippen LogP contribution in [0.5, 0.6) is 0 Å². The average molecular weight is 318 g/mol. The van der Waals surface area contributed by atoms with E-state index in [1.54, 1.807) is 17.4 Å². The van der Waals surface area contributed by atoms with Crippen LogP contribution in [0.1, 0.15) is 23.3 Å². The maximum atomic E-state index is 12.4. The van der Waals surface area contributed by atoms with E-state index >= 15 is 0 Å². The van der Waals surface area contributed by atoms with Crippen LogP contribution < -0.4 is 5.63 Å². The van der Waals surface area contributed by atoms with Crippen molar-refractivity contribution in [3.8, 4) is 11.5 Å². The molecular formula is C16H12ClNO2S. The van der Waals surface area contributed by atoms with Crippen molar-refractivity contribution >= 4 is 33.2 Å². The molecule has 1 aliphatic carbocycles. The summed E-state index contributed by atoms with van der Waals surface area (Å²) in [6.07, 6.45) is 4.30. The third kappa shape index (κ3) is 2.10. The molecule has 0 radical (unpaired) electrons. The van der Waals surface area contributed by atoms with Crippen molar-refractivity contribution in [2.75, 3.05) is 0 Å². The quantitative estimate of drug-likeness (QED) is 0.666. The molecule has 5 heteroatoms. The van der Waals surface area contributed by atoms with Crippen LogP contribution in [0, 0.1) is 0 Å². The lowest BCUT2D eigenvalue weighted by Crippen LogP contribution is -2.06. The predicted molar refractivity (Wildman–Crippen MR) is 85.2 cm³/mol. The topological polar surface area (TPSA) is 43.1 Å². The zero-order valence-electron chi connectivity index (χ0n) is 11.2. The van der Waals surface area contributed by atoms with Crippen molar-refractivity contribution in [1.82, 2.24) is 4.98 Å². The standard InChI is InChI=1S/C16H12ClNO2S/c17-11-7-3-1-5-9(11)14-18-15-13(16(19)20-14)10-6-2-4-8-12(10)21-15/h1,3,5,7H,2,4,6,8H2. The Bertz CT molecular complexity index is 897. The number of aromatic nitrogens is 1. The first-order chi connectivity index (χ1) is 10.2. The van der Waals surface area contributed by atoms with Crippen LogP contribution in [0.15, 0.2) is 33.5 Å². The van der Waals surface area contributed by atoms with Crippen molar-refractivity contribution in [1.29, 1.82) is 0 Å². The monoisotopic (exact) mass is 317 g/mol. The second-order valence-electron chi connectivity index (χ2n) is 5.18. The number of aryl methyl sites for hydroxylation is 2. The lowest BCUT2D eigenvalue weighted by molar-refractivity contribution is 0.518. The number of hydrogen-bond donors (Lipinski definition) is 0. The third-order valence-electron chi connectivity index (χ3n) is 3.85. The zero-order chi connectivity index (χ0) is 14.4. The highest BCUT2D eigenvalue weighted by Crippen LogP contribution is 2.35. The molecule has 2 aromatic heterocycles. The third-order valence-corrected chi connectivity index (χ3v) is 5.37. The van der Waals surface area contributed by atoms with Gasteiger partial charge in [-0.3, -0.25) is 0 Å². The molecule has 0 amide bonds. The second-order valence-corrected chi connectivity index (χ2v) is 6.67. The van der Waals surface area contributed by atoms with Crippen molar-refractivity contribution in [3.05, 3.63) is 50.1 Å². The molecule has 4 rings (SSSR count). The highest BCUT2D eigenvalue weighted by Gasteiger charge is 2.21. The molecule has 0 bridgehead atoms. The highest BCUT2D eigenvalue weighted by atomic mass is 35.5. The molecule has 0 fully saturated rings. The maximum Gasteiger partial charge on any atom is 0.348 e. The van der Waals surface area contributed by atoms with E-state index in [0.717, 1.165) is 29.7 Å². The minimum atomic E-state index is -0.297. The Labute approximate surface area is 130 Å². The molecule has 1 aromatic carbocycles. The maximum absolute atomic E-state index is 12.4. The van der Waals surface area contributed by atoms with E-state index in [-0.39, 0.29) is 5.63 Å². The SMILES string of the molecule is O=c1oc(-c2ccccc2Cl)nc2sc3c(c12)CCCC3. The Hall–Kier alpha value is -1.65. The number of nitrogens with zero attached hydrogens (tertiary/aromatic N) is 1. The molecule has 0 saturated heterocycles. The van der Waals surface area contributed by atoms with Gasteiger partial charge in [0.1, 0.15) is 10.2 Å². The number of rotatable bonds is 1. The van der Waals surface area contributed by atoms with Gasteiger partial charge in [-0.05, 0) is 43.4 Å². The summed E-state index contributed by atoms with van der Waals surface area (Å²) in [6, 6.07) is 7.27. The molecule has 0 aliphatic heterocycles. The summed E-state index contributed by atoms with van der Waals surface area (Å²) in [5, 5.41) is 1.21. The van der Waals surface area contributed by atoms with Crippen LogP contribution in [0.25, 0.3) is 21.7 Å². The van der Waals surface area contributed by atoms with E-state index in [9.17, 15) is 4.79 Å². The van der Waals surface area contributed by atoms with E-state index in [0.29, 0.717) is 21.9 Å². The van der Waals surface area contributed by atoms with Gasteiger partial charge in [-0.25, -0.2) is 9.78 Å². The first kappa shape index (κ1) is 13.0. The van der Waals surface area contributed by atoms with Gasteiger partial charge in [0.2, 0.25) is 5.89 Å². The van der Waals surface area contributed by atoms with Crippen LogP contribution in [-0.2, 0) is 12.8 Å². The zero-order valence-corrected chi connectivity index (χ0v) is 12.8. The van der Waals surface area contributed by atoms with Gasteiger partial charge in [0, 0.05) is 4.88 Å². The van der Waals surface area contributed by atoms with Crippen LogP contribution in [0.4, 0.5) is 0 Å². The molecule has 0 atom stereocenters. The number of benzene rings is 1. The first-order valence-corrected chi connectivity index (χ1v) is 8.14. The summed E-state index contributed by atoms with van der Waals surface area (Å²) in [7, 11) is 0. The summed E-state index contributed by atoms with van der Waals surface area (Å²) in [4.78, 5) is 19.0. The Morgan fingerprint density at radius 2 is 2.00 bits per heavy atom. The Morgan fingerprint density at radius 3 is 2.86 bits per heavy atom. The molecular weight excluding hydrogens is 306 g/mol. The molecule has 3 nitrogen and oxygen atoms in total. The first-order valence-electron chi connectivity index (χ1n) is 6.94. The summed E-state index contributed by atoms with van der Waals surface area (Å²) < 4.78 is 5.44. The summed E-state index contributed by atoms with van der Waals surface area (Å²) in [5.74, 6) is 0.302. The van der Waals surface area contributed by atoms with Gasteiger partial charge < -0.3 is 4.42 Å². The van der Waals surface area contributed by atoms with Crippen LogP contribution in [-0.4, -0.2) is 4.98 Å². The Balaban J connectivity index is 1.98. The number of halogens is 1. The molecule has 106 valence electrons. The fourth-order valence-corrected chi connectivity index (χ4v) is 4.31. The Morgan fingerprint density at radius 1 is 1.19 bits per heavy atom. The molecule has 0 unspecified atom stereocenters. The van der Waals surface area contributed by atoms with Crippen molar-refractivity contribution in [2.24, 2.45) is 0 Å². The summed E-state index contributed by atoms with van der Waals surface area (Å²) >= 11 is 7.78. The fourth-order valence-electron chi connectivity index (χ4n) is 2.84. The van der Waals surface area contributed by atoms with Crippen molar-refractivity contribution < 1.29 is 4.42 Å². The van der Waals surface area contributed by atoms with Crippen molar-refractivity contribution in [3.63, 3.8) is 0 Å². The Kier molecular flexibility index (Phi) is 3.08. The number of fused-ring (bicyclic) bond motifs is 3. The van der Waals surface area contributed by atoms with E-state index < -0.39 is 0 Å². The largest absolute Gasteiger partial charge is 0.403 e. The molecule has 0 saturated carbocycles. The number of thiophene rings is 1. The molecule has 0 spiro atoms. The van der Waals surface area contributed by atoms with E-state index in [2.05, 4.69) is 4.98 Å². The molecule has 2 heterocycles.